The summed E-state index contributed by atoms with van der Waals surface area (Å²) in [6, 6.07) is 4.19. The Labute approximate surface area is 93.4 Å². The molecule has 0 radical (unpaired) electrons. The van der Waals surface area contributed by atoms with Gasteiger partial charge >= 0.3 is 0 Å². The van der Waals surface area contributed by atoms with Gasteiger partial charge in [-0.05, 0) is 31.0 Å². The number of ether oxygens (including phenoxy) is 1. The maximum Gasteiger partial charge on any atom is 0.168 e. The first kappa shape index (κ1) is 11.1. The van der Waals surface area contributed by atoms with Crippen LogP contribution in [0.25, 0.3) is 0 Å². The van der Waals surface area contributed by atoms with E-state index in [0.717, 1.165) is 12.8 Å². The van der Waals surface area contributed by atoms with Crippen molar-refractivity contribution in [2.24, 2.45) is 5.92 Å². The number of carbonyl (C=O) groups is 1. The van der Waals surface area contributed by atoms with Crippen LogP contribution < -0.4 is 5.73 Å². The first-order chi connectivity index (χ1) is 7.68. The molecule has 1 fully saturated rings. The van der Waals surface area contributed by atoms with E-state index in [9.17, 15) is 9.18 Å². The second-order valence-electron chi connectivity index (χ2n) is 4.01. The Balaban J connectivity index is 2.16. The van der Waals surface area contributed by atoms with Crippen LogP contribution in [0.5, 0.6) is 0 Å². The number of benzene rings is 1. The molecule has 0 bridgehead atoms. The van der Waals surface area contributed by atoms with Crippen LogP contribution in [-0.2, 0) is 4.74 Å². The molecule has 0 aromatic heterocycles. The minimum atomic E-state index is -0.539. The zero-order chi connectivity index (χ0) is 11.5. The predicted molar refractivity (Wildman–Crippen MR) is 58.7 cm³/mol. The molecule has 1 aliphatic rings. The lowest BCUT2D eigenvalue weighted by Crippen LogP contribution is -2.25. The first-order valence-electron chi connectivity index (χ1n) is 5.35. The predicted octanol–water partition coefficient (Wildman–Crippen LogP) is 2.02. The van der Waals surface area contributed by atoms with Crippen molar-refractivity contribution in [3.8, 4) is 0 Å². The number of Topliss-reactive ketones (excluding diaryl/α,β-unsaturated/α-hetero) is 1. The van der Waals surface area contributed by atoms with E-state index in [-0.39, 0.29) is 17.4 Å². The highest BCUT2D eigenvalue weighted by atomic mass is 19.1. The van der Waals surface area contributed by atoms with Gasteiger partial charge in [0.15, 0.2) is 5.78 Å². The first-order valence-corrected chi connectivity index (χ1v) is 5.35. The molecular formula is C12H14FNO2. The molecule has 0 amide bonds. The fourth-order valence-electron chi connectivity index (χ4n) is 1.86. The quantitative estimate of drug-likeness (QED) is 0.616. The van der Waals surface area contributed by atoms with Gasteiger partial charge < -0.3 is 10.5 Å². The zero-order valence-electron chi connectivity index (χ0n) is 8.91. The van der Waals surface area contributed by atoms with E-state index >= 15 is 0 Å². The van der Waals surface area contributed by atoms with E-state index in [4.69, 9.17) is 10.5 Å². The summed E-state index contributed by atoms with van der Waals surface area (Å²) in [6.45, 7) is 1.14. The van der Waals surface area contributed by atoms with Gasteiger partial charge in [-0.1, -0.05) is 0 Å². The number of hydrogen-bond donors (Lipinski definition) is 1. The summed E-state index contributed by atoms with van der Waals surface area (Å²) in [7, 11) is 0. The SMILES string of the molecule is Nc1ccc(C(=O)C2CCCOC2)cc1F. The van der Waals surface area contributed by atoms with Gasteiger partial charge in [0, 0.05) is 18.1 Å². The highest BCUT2D eigenvalue weighted by molar-refractivity contribution is 5.98. The Hall–Kier alpha value is -1.42. The van der Waals surface area contributed by atoms with Crippen molar-refractivity contribution < 1.29 is 13.9 Å². The smallest absolute Gasteiger partial charge is 0.168 e. The molecule has 1 heterocycles. The van der Waals surface area contributed by atoms with Crippen molar-refractivity contribution in [2.45, 2.75) is 12.8 Å². The van der Waals surface area contributed by atoms with E-state index in [1.54, 1.807) is 6.07 Å². The Morgan fingerprint density at radius 2 is 2.31 bits per heavy atom. The van der Waals surface area contributed by atoms with E-state index < -0.39 is 5.82 Å². The maximum absolute atomic E-state index is 13.2. The van der Waals surface area contributed by atoms with Crippen molar-refractivity contribution in [3.63, 3.8) is 0 Å². The van der Waals surface area contributed by atoms with Crippen LogP contribution in [0.3, 0.4) is 0 Å². The van der Waals surface area contributed by atoms with Gasteiger partial charge in [-0.15, -0.1) is 0 Å². The van der Waals surface area contributed by atoms with E-state index in [1.165, 1.54) is 12.1 Å². The van der Waals surface area contributed by atoms with Crippen molar-refractivity contribution in [3.05, 3.63) is 29.6 Å². The Kier molecular flexibility index (Phi) is 3.19. The average molecular weight is 223 g/mol. The topological polar surface area (TPSA) is 52.3 Å². The van der Waals surface area contributed by atoms with E-state index in [1.807, 2.05) is 0 Å². The Bertz CT molecular complexity index is 400. The molecule has 1 aromatic rings. The van der Waals surface area contributed by atoms with Gasteiger partial charge in [-0.2, -0.15) is 0 Å². The van der Waals surface area contributed by atoms with Gasteiger partial charge in [-0.25, -0.2) is 4.39 Å². The number of nitrogen functional groups attached to an aromatic ring is 1. The second-order valence-corrected chi connectivity index (χ2v) is 4.01. The number of halogens is 1. The minimum absolute atomic E-state index is 0.0569. The van der Waals surface area contributed by atoms with E-state index in [2.05, 4.69) is 0 Å². The Morgan fingerprint density at radius 1 is 1.50 bits per heavy atom. The lowest BCUT2D eigenvalue weighted by molar-refractivity contribution is 0.0461. The van der Waals surface area contributed by atoms with Gasteiger partial charge in [0.2, 0.25) is 0 Å². The summed E-state index contributed by atoms with van der Waals surface area (Å²) in [5, 5.41) is 0. The molecule has 2 N–H and O–H groups in total. The largest absolute Gasteiger partial charge is 0.396 e. The van der Waals surface area contributed by atoms with Crippen molar-refractivity contribution >= 4 is 11.5 Å². The number of anilines is 1. The lowest BCUT2D eigenvalue weighted by Gasteiger charge is -2.20. The van der Waals surface area contributed by atoms with Crippen LogP contribution in [-0.4, -0.2) is 19.0 Å². The molecule has 0 saturated carbocycles. The molecule has 1 unspecified atom stereocenters. The third-order valence-electron chi connectivity index (χ3n) is 2.82. The molecule has 0 aliphatic carbocycles. The van der Waals surface area contributed by atoms with Gasteiger partial charge in [0.25, 0.3) is 0 Å². The standard InChI is InChI=1S/C12H14FNO2/c13-10-6-8(3-4-11(10)14)12(15)9-2-1-5-16-7-9/h3-4,6,9H,1-2,5,7,14H2. The minimum Gasteiger partial charge on any atom is -0.396 e. The molecule has 1 saturated heterocycles. The number of rotatable bonds is 2. The normalized spacial score (nSPS) is 20.7. The third-order valence-corrected chi connectivity index (χ3v) is 2.82. The monoisotopic (exact) mass is 223 g/mol. The third kappa shape index (κ3) is 2.22. The summed E-state index contributed by atoms with van der Waals surface area (Å²) in [5.74, 6) is -0.738. The highest BCUT2D eigenvalue weighted by Crippen LogP contribution is 2.21. The number of carbonyl (C=O) groups excluding carboxylic acids is 1. The molecule has 4 heteroatoms. The number of ketones is 1. The molecule has 1 aromatic carbocycles. The fraction of sp³-hybridized carbons (Fsp3) is 0.417. The van der Waals surface area contributed by atoms with Gasteiger partial charge in [-0.3, -0.25) is 4.79 Å². The molecule has 2 rings (SSSR count). The van der Waals surface area contributed by atoms with Crippen LogP contribution >= 0.6 is 0 Å². The summed E-state index contributed by atoms with van der Waals surface area (Å²) >= 11 is 0. The average Bonchev–Trinajstić information content (AvgIpc) is 2.33. The molecule has 86 valence electrons. The summed E-state index contributed by atoms with van der Waals surface area (Å²) in [6.07, 6.45) is 1.69. The number of hydrogen-bond acceptors (Lipinski definition) is 3. The molecular weight excluding hydrogens is 209 g/mol. The summed E-state index contributed by atoms with van der Waals surface area (Å²) in [4.78, 5) is 12.0. The zero-order valence-corrected chi connectivity index (χ0v) is 8.91. The van der Waals surface area contributed by atoms with Crippen molar-refractivity contribution in [2.75, 3.05) is 18.9 Å². The Morgan fingerprint density at radius 3 is 2.94 bits per heavy atom. The lowest BCUT2D eigenvalue weighted by atomic mass is 9.92. The van der Waals surface area contributed by atoms with Crippen LogP contribution in [0.2, 0.25) is 0 Å². The number of nitrogens with two attached hydrogens (primary N) is 1. The molecule has 16 heavy (non-hydrogen) atoms. The van der Waals surface area contributed by atoms with Crippen LogP contribution in [0, 0.1) is 11.7 Å². The summed E-state index contributed by atoms with van der Waals surface area (Å²) < 4.78 is 18.4. The molecule has 3 nitrogen and oxygen atoms in total. The molecule has 0 spiro atoms. The van der Waals surface area contributed by atoms with Crippen LogP contribution in [0.1, 0.15) is 23.2 Å². The molecule has 1 atom stereocenters. The maximum atomic E-state index is 13.2. The second kappa shape index (κ2) is 4.61. The van der Waals surface area contributed by atoms with Crippen LogP contribution in [0.4, 0.5) is 10.1 Å². The van der Waals surface area contributed by atoms with Crippen molar-refractivity contribution in [1.29, 1.82) is 0 Å². The van der Waals surface area contributed by atoms with Gasteiger partial charge in [0.05, 0.1) is 12.3 Å². The van der Waals surface area contributed by atoms with Crippen molar-refractivity contribution in [1.82, 2.24) is 0 Å². The van der Waals surface area contributed by atoms with E-state index in [0.29, 0.717) is 18.8 Å². The van der Waals surface area contributed by atoms with Gasteiger partial charge in [0.1, 0.15) is 5.82 Å². The highest BCUT2D eigenvalue weighted by Gasteiger charge is 2.23. The summed E-state index contributed by atoms with van der Waals surface area (Å²) in [5.41, 5.74) is 5.80. The molecule has 1 aliphatic heterocycles. The fourth-order valence-corrected chi connectivity index (χ4v) is 1.86. The van der Waals surface area contributed by atoms with Crippen LogP contribution in [0.15, 0.2) is 18.2 Å².